The van der Waals surface area contributed by atoms with E-state index in [1.807, 2.05) is 0 Å². The molecule has 0 aromatic heterocycles. The minimum atomic E-state index is -0.0166. The van der Waals surface area contributed by atoms with Gasteiger partial charge in [0, 0.05) is 12.8 Å². The van der Waals surface area contributed by atoms with E-state index in [1.54, 1.807) is 0 Å². The number of hydrogen-bond acceptors (Lipinski definition) is 2. The van der Waals surface area contributed by atoms with E-state index in [4.69, 9.17) is 9.47 Å². The first-order valence-electron chi connectivity index (χ1n) is 5.22. The third-order valence-electron chi connectivity index (χ3n) is 2.28. The molecule has 2 heteroatoms. The Morgan fingerprint density at radius 2 is 2.00 bits per heavy atom. The zero-order valence-electron chi connectivity index (χ0n) is 9.46. The molecule has 13 heavy (non-hydrogen) atoms. The van der Waals surface area contributed by atoms with Gasteiger partial charge in [0.2, 0.25) is 0 Å². The molecule has 2 nitrogen and oxygen atoms in total. The van der Waals surface area contributed by atoms with Crippen LogP contribution in [0.1, 0.15) is 47.5 Å². The molecular weight excluding hydrogens is 164 g/mol. The second kappa shape index (κ2) is 3.97. The Bertz CT molecular complexity index is 161. The van der Waals surface area contributed by atoms with Gasteiger partial charge < -0.3 is 9.47 Å². The lowest BCUT2D eigenvalue weighted by molar-refractivity contribution is -0.272. The lowest BCUT2D eigenvalue weighted by atomic mass is 9.99. The minimum Gasteiger partial charge on any atom is -0.350 e. The third-order valence-corrected chi connectivity index (χ3v) is 2.28. The normalized spacial score (nSPS) is 33.7. The summed E-state index contributed by atoms with van der Waals surface area (Å²) in [5, 5.41) is 0. The van der Waals surface area contributed by atoms with E-state index in [0.29, 0.717) is 12.0 Å². The summed E-state index contributed by atoms with van der Waals surface area (Å²) in [6.07, 6.45) is 2.31. The van der Waals surface area contributed by atoms with Crippen LogP contribution < -0.4 is 0 Å². The molecule has 0 radical (unpaired) electrons. The molecule has 1 fully saturated rings. The summed E-state index contributed by atoms with van der Waals surface area (Å²) in [4.78, 5) is 0. The lowest BCUT2D eigenvalue weighted by Crippen LogP contribution is -2.43. The molecule has 0 bridgehead atoms. The Balaban J connectivity index is 2.48. The van der Waals surface area contributed by atoms with Gasteiger partial charge in [0.25, 0.3) is 0 Å². The van der Waals surface area contributed by atoms with Crippen LogP contribution in [-0.4, -0.2) is 18.0 Å². The predicted molar refractivity (Wildman–Crippen MR) is 53.6 cm³/mol. The van der Waals surface area contributed by atoms with Gasteiger partial charge in [0.1, 0.15) is 0 Å². The maximum atomic E-state index is 5.83. The molecule has 1 aliphatic heterocycles. The fourth-order valence-corrected chi connectivity index (χ4v) is 1.92. The lowest BCUT2D eigenvalue weighted by Gasteiger charge is -2.40. The molecular formula is C11H22O2. The quantitative estimate of drug-likeness (QED) is 0.660. The second-order valence-corrected chi connectivity index (χ2v) is 5.09. The van der Waals surface area contributed by atoms with E-state index in [2.05, 4.69) is 34.6 Å². The predicted octanol–water partition coefficient (Wildman–Crippen LogP) is 2.96. The molecule has 1 saturated heterocycles. The molecule has 0 N–H and O–H groups in total. The Hall–Kier alpha value is -0.0800. The van der Waals surface area contributed by atoms with Crippen molar-refractivity contribution in [3.05, 3.63) is 0 Å². The van der Waals surface area contributed by atoms with Crippen molar-refractivity contribution in [1.82, 2.24) is 0 Å². The highest BCUT2D eigenvalue weighted by molar-refractivity contribution is 4.77. The highest BCUT2D eigenvalue weighted by Gasteiger charge is 2.33. The number of rotatable bonds is 2. The summed E-state index contributed by atoms with van der Waals surface area (Å²) in [5.41, 5.74) is -0.0166. The monoisotopic (exact) mass is 186 g/mol. The molecule has 1 aliphatic rings. The van der Waals surface area contributed by atoms with Crippen LogP contribution in [0.15, 0.2) is 0 Å². The van der Waals surface area contributed by atoms with Crippen molar-refractivity contribution in [2.75, 3.05) is 0 Å². The largest absolute Gasteiger partial charge is 0.350 e. The van der Waals surface area contributed by atoms with E-state index in [1.165, 1.54) is 0 Å². The van der Waals surface area contributed by atoms with E-state index in [-0.39, 0.29) is 11.9 Å². The summed E-state index contributed by atoms with van der Waals surface area (Å²) in [6.45, 7) is 10.8. The van der Waals surface area contributed by atoms with E-state index < -0.39 is 0 Å². The standard InChI is InChI=1S/C11H22O2/c1-8(2)6-10-12-9(3)7-11(4,5)13-10/h8-10H,6-7H2,1-5H3. The van der Waals surface area contributed by atoms with Crippen LogP contribution in [0.2, 0.25) is 0 Å². The Labute approximate surface area is 81.6 Å². The van der Waals surface area contributed by atoms with Crippen molar-refractivity contribution in [2.24, 2.45) is 5.92 Å². The van der Waals surface area contributed by atoms with Crippen LogP contribution >= 0.6 is 0 Å². The van der Waals surface area contributed by atoms with Gasteiger partial charge in [-0.25, -0.2) is 0 Å². The van der Waals surface area contributed by atoms with E-state index in [9.17, 15) is 0 Å². The Morgan fingerprint density at radius 1 is 1.38 bits per heavy atom. The van der Waals surface area contributed by atoms with Crippen LogP contribution in [0.5, 0.6) is 0 Å². The van der Waals surface area contributed by atoms with Crippen molar-refractivity contribution < 1.29 is 9.47 Å². The van der Waals surface area contributed by atoms with Gasteiger partial charge in [0.05, 0.1) is 11.7 Å². The van der Waals surface area contributed by atoms with Gasteiger partial charge in [-0.1, -0.05) is 13.8 Å². The van der Waals surface area contributed by atoms with Crippen molar-refractivity contribution in [1.29, 1.82) is 0 Å². The van der Waals surface area contributed by atoms with Crippen molar-refractivity contribution in [3.8, 4) is 0 Å². The van der Waals surface area contributed by atoms with Crippen molar-refractivity contribution in [3.63, 3.8) is 0 Å². The second-order valence-electron chi connectivity index (χ2n) is 5.09. The summed E-state index contributed by atoms with van der Waals surface area (Å²) in [5.74, 6) is 0.631. The van der Waals surface area contributed by atoms with E-state index >= 15 is 0 Å². The fourth-order valence-electron chi connectivity index (χ4n) is 1.92. The molecule has 0 aromatic carbocycles. The van der Waals surface area contributed by atoms with Gasteiger partial charge in [-0.05, 0) is 26.7 Å². The zero-order chi connectivity index (χ0) is 10.1. The molecule has 0 spiro atoms. The summed E-state index contributed by atoms with van der Waals surface area (Å²) < 4.78 is 11.5. The molecule has 2 atom stereocenters. The molecule has 1 heterocycles. The molecule has 0 aromatic rings. The van der Waals surface area contributed by atoms with Gasteiger partial charge in [-0.3, -0.25) is 0 Å². The highest BCUT2D eigenvalue weighted by Crippen LogP contribution is 2.29. The van der Waals surface area contributed by atoms with Gasteiger partial charge >= 0.3 is 0 Å². The van der Waals surface area contributed by atoms with Crippen LogP contribution in [0, 0.1) is 5.92 Å². The average Bonchev–Trinajstić information content (AvgIpc) is 1.78. The van der Waals surface area contributed by atoms with Crippen LogP contribution in [0.3, 0.4) is 0 Å². The average molecular weight is 186 g/mol. The molecule has 0 amide bonds. The number of hydrogen-bond donors (Lipinski definition) is 0. The topological polar surface area (TPSA) is 18.5 Å². The summed E-state index contributed by atoms with van der Waals surface area (Å²) >= 11 is 0. The molecule has 1 rings (SSSR count). The maximum absolute atomic E-state index is 5.83. The maximum Gasteiger partial charge on any atom is 0.158 e. The minimum absolute atomic E-state index is 0.00116. The Morgan fingerprint density at radius 3 is 2.46 bits per heavy atom. The molecule has 0 saturated carbocycles. The SMILES string of the molecule is CC(C)CC1OC(C)CC(C)(C)O1. The highest BCUT2D eigenvalue weighted by atomic mass is 16.7. The molecule has 0 aliphatic carbocycles. The Kier molecular flexibility index (Phi) is 3.36. The summed E-state index contributed by atoms with van der Waals surface area (Å²) in [6, 6.07) is 0. The first-order valence-corrected chi connectivity index (χ1v) is 5.22. The first-order chi connectivity index (χ1) is 5.89. The third kappa shape index (κ3) is 3.65. The summed E-state index contributed by atoms with van der Waals surface area (Å²) in [7, 11) is 0. The van der Waals surface area contributed by atoms with Crippen molar-refractivity contribution >= 4 is 0 Å². The van der Waals surface area contributed by atoms with Crippen LogP contribution in [0.25, 0.3) is 0 Å². The van der Waals surface area contributed by atoms with E-state index in [0.717, 1.165) is 12.8 Å². The fraction of sp³-hybridized carbons (Fsp3) is 1.00. The van der Waals surface area contributed by atoms with Gasteiger partial charge in [0.15, 0.2) is 6.29 Å². The van der Waals surface area contributed by atoms with Gasteiger partial charge in [-0.2, -0.15) is 0 Å². The zero-order valence-corrected chi connectivity index (χ0v) is 9.46. The van der Waals surface area contributed by atoms with Crippen LogP contribution in [-0.2, 0) is 9.47 Å². The molecule has 78 valence electrons. The first kappa shape index (κ1) is 11.0. The number of ether oxygens (including phenoxy) is 2. The van der Waals surface area contributed by atoms with Crippen LogP contribution in [0.4, 0.5) is 0 Å². The molecule has 2 unspecified atom stereocenters. The smallest absolute Gasteiger partial charge is 0.158 e. The van der Waals surface area contributed by atoms with Crippen molar-refractivity contribution in [2.45, 2.75) is 65.5 Å². The van der Waals surface area contributed by atoms with Gasteiger partial charge in [-0.15, -0.1) is 0 Å².